The Kier molecular flexibility index (Phi) is 5.89. The molecule has 0 N–H and O–H groups in total. The Morgan fingerprint density at radius 3 is 2.25 bits per heavy atom. The molecule has 172 valence electrons. The van der Waals surface area contributed by atoms with Gasteiger partial charge in [0.05, 0.1) is 11.8 Å². The largest absolute Gasteiger partial charge is 0.417 e. The van der Waals surface area contributed by atoms with E-state index in [1.165, 1.54) is 10.4 Å². The van der Waals surface area contributed by atoms with Crippen molar-refractivity contribution in [2.75, 3.05) is 37.3 Å². The van der Waals surface area contributed by atoms with Gasteiger partial charge in [0, 0.05) is 38.9 Å². The van der Waals surface area contributed by atoms with Gasteiger partial charge in [-0.25, -0.2) is 13.4 Å². The molecule has 2 aliphatic rings. The predicted molar refractivity (Wildman–Crippen MR) is 112 cm³/mol. The van der Waals surface area contributed by atoms with Gasteiger partial charge >= 0.3 is 6.18 Å². The highest BCUT2D eigenvalue weighted by Crippen LogP contribution is 2.30. The van der Waals surface area contributed by atoms with Crippen molar-refractivity contribution in [2.45, 2.75) is 25.2 Å². The van der Waals surface area contributed by atoms with E-state index in [-0.39, 0.29) is 12.5 Å². The van der Waals surface area contributed by atoms with Crippen LogP contribution < -0.4 is 4.90 Å². The van der Waals surface area contributed by atoms with Gasteiger partial charge in [-0.3, -0.25) is 4.79 Å². The van der Waals surface area contributed by atoms with E-state index in [2.05, 4.69) is 4.98 Å². The number of hydrogen-bond donors (Lipinski definition) is 0. The molecule has 2 aliphatic heterocycles. The van der Waals surface area contributed by atoms with Gasteiger partial charge in [0.15, 0.2) is 0 Å². The summed E-state index contributed by atoms with van der Waals surface area (Å²) in [6.45, 7) is 1.61. The second-order valence-corrected chi connectivity index (χ2v) is 9.95. The highest BCUT2D eigenvalue weighted by atomic mass is 32.2. The maximum atomic E-state index is 13.3. The van der Waals surface area contributed by atoms with Gasteiger partial charge < -0.3 is 9.80 Å². The summed E-state index contributed by atoms with van der Waals surface area (Å²) < 4.78 is 64.3. The van der Waals surface area contributed by atoms with E-state index in [4.69, 9.17) is 0 Å². The standard InChI is InChI=1S/C21H23F3N4O3S/c1-32(30,31)28-14-16-5-3-2-4-15(16)12-18(28)20(29)27-10-8-26(9-11-27)19-7-6-17(13-25-19)21(22,23)24/h2-7,13,18H,8-12,14H2,1H3. The summed E-state index contributed by atoms with van der Waals surface area (Å²) in [5.74, 6) is 0.152. The number of halogens is 3. The van der Waals surface area contributed by atoms with Gasteiger partial charge in [-0.2, -0.15) is 17.5 Å². The van der Waals surface area contributed by atoms with Gasteiger partial charge in [0.1, 0.15) is 11.9 Å². The SMILES string of the molecule is CS(=O)(=O)N1Cc2ccccc2CC1C(=O)N1CCN(c2ccc(C(F)(F)F)cn2)CC1. The summed E-state index contributed by atoms with van der Waals surface area (Å²) in [5.41, 5.74) is 1.03. The second kappa shape index (κ2) is 8.36. The van der Waals surface area contributed by atoms with E-state index in [9.17, 15) is 26.4 Å². The average Bonchev–Trinajstić information content (AvgIpc) is 2.77. The van der Waals surface area contributed by atoms with Crippen molar-refractivity contribution in [3.05, 3.63) is 59.3 Å². The zero-order chi connectivity index (χ0) is 23.1. The van der Waals surface area contributed by atoms with Gasteiger partial charge in [-0.1, -0.05) is 24.3 Å². The lowest BCUT2D eigenvalue weighted by Crippen LogP contribution is -2.57. The number of nitrogens with zero attached hydrogens (tertiary/aromatic N) is 4. The number of anilines is 1. The Labute approximate surface area is 184 Å². The molecule has 0 bridgehead atoms. The molecule has 4 rings (SSSR count). The minimum absolute atomic E-state index is 0.154. The van der Waals surface area contributed by atoms with Crippen LogP contribution >= 0.6 is 0 Å². The molecular weight excluding hydrogens is 445 g/mol. The van der Waals surface area contributed by atoms with Crippen molar-refractivity contribution in [3.63, 3.8) is 0 Å². The summed E-state index contributed by atoms with van der Waals surface area (Å²) >= 11 is 0. The van der Waals surface area contributed by atoms with Crippen LogP contribution in [-0.4, -0.2) is 67.0 Å². The number of sulfonamides is 1. The topological polar surface area (TPSA) is 73.8 Å². The Balaban J connectivity index is 1.45. The lowest BCUT2D eigenvalue weighted by Gasteiger charge is -2.40. The number of carbonyl (C=O) groups is 1. The number of aromatic nitrogens is 1. The number of pyridine rings is 1. The van der Waals surface area contributed by atoms with Crippen LogP contribution in [0.2, 0.25) is 0 Å². The second-order valence-electron chi connectivity index (χ2n) is 8.01. The molecule has 32 heavy (non-hydrogen) atoms. The van der Waals surface area contributed by atoms with Crippen LogP contribution in [0, 0.1) is 0 Å². The van der Waals surface area contributed by atoms with Gasteiger partial charge in [-0.15, -0.1) is 0 Å². The lowest BCUT2D eigenvalue weighted by atomic mass is 9.95. The molecule has 1 amide bonds. The van der Waals surface area contributed by atoms with Crippen LogP contribution in [0.5, 0.6) is 0 Å². The molecule has 0 aliphatic carbocycles. The summed E-state index contributed by atoms with van der Waals surface area (Å²) in [4.78, 5) is 20.6. The van der Waals surface area contributed by atoms with E-state index >= 15 is 0 Å². The molecular formula is C21H23F3N4O3S. The van der Waals surface area contributed by atoms with E-state index in [0.29, 0.717) is 38.4 Å². The Morgan fingerprint density at radius 2 is 1.69 bits per heavy atom. The van der Waals surface area contributed by atoms with Crippen molar-refractivity contribution in [1.82, 2.24) is 14.2 Å². The van der Waals surface area contributed by atoms with Crippen LogP contribution in [0.1, 0.15) is 16.7 Å². The first-order valence-corrected chi connectivity index (χ1v) is 12.0. The summed E-state index contributed by atoms with van der Waals surface area (Å²) in [5, 5.41) is 0. The molecule has 1 saturated heterocycles. The number of rotatable bonds is 3. The van der Waals surface area contributed by atoms with Gasteiger partial charge in [0.2, 0.25) is 15.9 Å². The molecule has 11 heteroatoms. The molecule has 1 fully saturated rings. The number of amides is 1. The third kappa shape index (κ3) is 4.58. The Hall–Kier alpha value is -2.66. The monoisotopic (exact) mass is 468 g/mol. The molecule has 3 heterocycles. The quantitative estimate of drug-likeness (QED) is 0.690. The van der Waals surface area contributed by atoms with Gasteiger partial charge in [0.25, 0.3) is 0 Å². The molecule has 1 unspecified atom stereocenters. The van der Waals surface area contributed by atoms with Crippen LogP contribution in [-0.2, 0) is 34.0 Å². The van der Waals surface area contributed by atoms with Crippen LogP contribution in [0.4, 0.5) is 19.0 Å². The number of piperazine rings is 1. The van der Waals surface area contributed by atoms with E-state index in [1.54, 1.807) is 4.90 Å². The zero-order valence-corrected chi connectivity index (χ0v) is 18.2. The number of alkyl halides is 3. The maximum Gasteiger partial charge on any atom is 0.417 e. The Bertz CT molecular complexity index is 1100. The zero-order valence-electron chi connectivity index (χ0n) is 17.4. The molecule has 1 aromatic heterocycles. The molecule has 0 saturated carbocycles. The molecule has 2 aromatic rings. The predicted octanol–water partition coefficient (Wildman–Crippen LogP) is 2.14. The first-order valence-electron chi connectivity index (χ1n) is 10.1. The minimum Gasteiger partial charge on any atom is -0.353 e. The number of fused-ring (bicyclic) bond motifs is 1. The van der Waals surface area contributed by atoms with Crippen molar-refractivity contribution in [3.8, 4) is 0 Å². The fourth-order valence-electron chi connectivity index (χ4n) is 4.17. The molecule has 7 nitrogen and oxygen atoms in total. The third-order valence-electron chi connectivity index (χ3n) is 5.91. The van der Waals surface area contributed by atoms with Crippen molar-refractivity contribution < 1.29 is 26.4 Å². The molecule has 0 spiro atoms. The molecule has 0 radical (unpaired) electrons. The third-order valence-corrected chi connectivity index (χ3v) is 7.14. The number of benzene rings is 1. The van der Waals surface area contributed by atoms with Crippen LogP contribution in [0.15, 0.2) is 42.6 Å². The van der Waals surface area contributed by atoms with E-state index < -0.39 is 27.8 Å². The van der Waals surface area contributed by atoms with E-state index in [1.807, 2.05) is 29.2 Å². The van der Waals surface area contributed by atoms with E-state index in [0.717, 1.165) is 29.6 Å². The average molecular weight is 469 g/mol. The summed E-state index contributed by atoms with van der Waals surface area (Å²) in [6.07, 6.45) is -2.23. The highest BCUT2D eigenvalue weighted by molar-refractivity contribution is 7.88. The number of carbonyl (C=O) groups excluding carboxylic acids is 1. The molecule has 1 aromatic carbocycles. The van der Waals surface area contributed by atoms with Crippen molar-refractivity contribution in [1.29, 1.82) is 0 Å². The van der Waals surface area contributed by atoms with Crippen LogP contribution in [0.25, 0.3) is 0 Å². The fraction of sp³-hybridized carbons (Fsp3) is 0.429. The lowest BCUT2D eigenvalue weighted by molar-refractivity contribution is -0.138. The number of hydrogen-bond acceptors (Lipinski definition) is 5. The highest BCUT2D eigenvalue weighted by Gasteiger charge is 2.39. The smallest absolute Gasteiger partial charge is 0.353 e. The first-order chi connectivity index (χ1) is 15.0. The first kappa shape index (κ1) is 22.5. The van der Waals surface area contributed by atoms with Crippen LogP contribution in [0.3, 0.4) is 0 Å². The fourth-order valence-corrected chi connectivity index (χ4v) is 5.17. The summed E-state index contributed by atoms with van der Waals surface area (Å²) in [7, 11) is -3.60. The van der Waals surface area contributed by atoms with Crippen molar-refractivity contribution in [2.24, 2.45) is 0 Å². The maximum absolute atomic E-state index is 13.3. The normalized spacial score (nSPS) is 20.2. The Morgan fingerprint density at radius 1 is 1.03 bits per heavy atom. The summed E-state index contributed by atoms with van der Waals surface area (Å²) in [6, 6.07) is 8.98. The van der Waals surface area contributed by atoms with Gasteiger partial charge in [-0.05, 0) is 29.7 Å². The minimum atomic E-state index is -4.44. The molecule has 1 atom stereocenters. The van der Waals surface area contributed by atoms with Crippen molar-refractivity contribution >= 4 is 21.7 Å².